The Hall–Kier alpha value is -1.75. The molecule has 0 saturated carbocycles. The fourth-order valence-electron chi connectivity index (χ4n) is 2.73. The minimum atomic E-state index is 0.812. The molecule has 0 spiro atoms. The van der Waals surface area contributed by atoms with Gasteiger partial charge < -0.3 is 15.5 Å². The van der Waals surface area contributed by atoms with E-state index in [-0.39, 0.29) is 0 Å². The maximum Gasteiger partial charge on any atom is 0.131 e. The van der Waals surface area contributed by atoms with E-state index in [1.165, 1.54) is 11.3 Å². The van der Waals surface area contributed by atoms with E-state index in [0.29, 0.717) is 0 Å². The lowest BCUT2D eigenvalue weighted by atomic mass is 10.2. The third kappa shape index (κ3) is 3.13. The predicted molar refractivity (Wildman–Crippen MR) is 92.0 cm³/mol. The fourth-order valence-corrected chi connectivity index (χ4v) is 3.17. The van der Waals surface area contributed by atoms with Gasteiger partial charge in [0, 0.05) is 48.2 Å². The van der Waals surface area contributed by atoms with Crippen molar-refractivity contribution < 1.29 is 0 Å². The van der Waals surface area contributed by atoms with Crippen LogP contribution in [0.1, 0.15) is 5.56 Å². The van der Waals surface area contributed by atoms with Gasteiger partial charge in [-0.25, -0.2) is 4.98 Å². The quantitative estimate of drug-likeness (QED) is 0.849. The zero-order valence-electron chi connectivity index (χ0n) is 12.1. The van der Waals surface area contributed by atoms with Crippen LogP contribution in [0.2, 0.25) is 0 Å². The molecule has 0 radical (unpaired) electrons. The van der Waals surface area contributed by atoms with E-state index >= 15 is 0 Å². The first-order chi connectivity index (χ1) is 10.1. The molecule has 1 aliphatic heterocycles. The van der Waals surface area contributed by atoms with E-state index in [0.717, 1.165) is 42.2 Å². The molecule has 1 aliphatic rings. The summed E-state index contributed by atoms with van der Waals surface area (Å²) in [7, 11) is 0. The van der Waals surface area contributed by atoms with Gasteiger partial charge in [0.05, 0.1) is 0 Å². The van der Waals surface area contributed by atoms with Gasteiger partial charge in [0.25, 0.3) is 0 Å². The normalized spacial score (nSPS) is 15.3. The molecule has 0 atom stereocenters. The average molecular weight is 347 g/mol. The number of hydrogen-bond donors (Lipinski definition) is 1. The second-order valence-electron chi connectivity index (χ2n) is 5.36. The molecular weight excluding hydrogens is 328 g/mol. The first-order valence-electron chi connectivity index (χ1n) is 7.11. The molecule has 0 amide bonds. The summed E-state index contributed by atoms with van der Waals surface area (Å²) in [5, 5.41) is 0. The summed E-state index contributed by atoms with van der Waals surface area (Å²) >= 11 is 3.47. The molecule has 1 fully saturated rings. The SMILES string of the molecule is Cc1cc(Br)cnc1N1CCN(c2ccc(N)cc2)CC1. The molecule has 0 bridgehead atoms. The summed E-state index contributed by atoms with van der Waals surface area (Å²) in [6.45, 7) is 6.08. The van der Waals surface area contributed by atoms with E-state index in [1.807, 2.05) is 18.3 Å². The molecule has 1 saturated heterocycles. The molecule has 21 heavy (non-hydrogen) atoms. The largest absolute Gasteiger partial charge is 0.399 e. The number of piperazine rings is 1. The summed E-state index contributed by atoms with van der Waals surface area (Å²) in [4.78, 5) is 9.30. The van der Waals surface area contributed by atoms with Gasteiger partial charge in [-0.05, 0) is 58.7 Å². The molecule has 5 heteroatoms. The minimum Gasteiger partial charge on any atom is -0.399 e. The van der Waals surface area contributed by atoms with Crippen molar-refractivity contribution in [3.8, 4) is 0 Å². The third-order valence-corrected chi connectivity index (χ3v) is 4.29. The van der Waals surface area contributed by atoms with Crippen LogP contribution in [0.25, 0.3) is 0 Å². The van der Waals surface area contributed by atoms with Crippen molar-refractivity contribution in [1.29, 1.82) is 0 Å². The Labute approximate surface area is 133 Å². The smallest absolute Gasteiger partial charge is 0.131 e. The van der Waals surface area contributed by atoms with E-state index in [1.54, 1.807) is 0 Å². The highest BCUT2D eigenvalue weighted by atomic mass is 79.9. The number of anilines is 3. The Balaban J connectivity index is 1.68. The van der Waals surface area contributed by atoms with Crippen LogP contribution < -0.4 is 15.5 Å². The van der Waals surface area contributed by atoms with Crippen LogP contribution in [-0.2, 0) is 0 Å². The number of rotatable bonds is 2. The Morgan fingerprint density at radius 2 is 1.67 bits per heavy atom. The Kier molecular flexibility index (Phi) is 4.01. The summed E-state index contributed by atoms with van der Waals surface area (Å²) in [6.07, 6.45) is 1.87. The number of pyridine rings is 1. The molecule has 110 valence electrons. The van der Waals surface area contributed by atoms with E-state index in [2.05, 4.69) is 55.8 Å². The van der Waals surface area contributed by atoms with Crippen LogP contribution in [0.4, 0.5) is 17.2 Å². The van der Waals surface area contributed by atoms with Crippen LogP contribution in [0.3, 0.4) is 0 Å². The van der Waals surface area contributed by atoms with Gasteiger partial charge in [-0.1, -0.05) is 0 Å². The minimum absolute atomic E-state index is 0.812. The van der Waals surface area contributed by atoms with Gasteiger partial charge in [0.15, 0.2) is 0 Å². The van der Waals surface area contributed by atoms with Crippen LogP contribution in [0.5, 0.6) is 0 Å². The predicted octanol–water partition coefficient (Wildman–Crippen LogP) is 3.06. The average Bonchev–Trinajstić information content (AvgIpc) is 2.48. The van der Waals surface area contributed by atoms with Crippen molar-refractivity contribution in [2.45, 2.75) is 6.92 Å². The molecule has 0 unspecified atom stereocenters. The van der Waals surface area contributed by atoms with E-state index in [4.69, 9.17) is 5.73 Å². The van der Waals surface area contributed by atoms with Gasteiger partial charge in [0.2, 0.25) is 0 Å². The second-order valence-corrected chi connectivity index (χ2v) is 6.28. The maximum absolute atomic E-state index is 5.74. The summed E-state index contributed by atoms with van der Waals surface area (Å²) < 4.78 is 1.03. The molecular formula is C16H19BrN4. The van der Waals surface area contributed by atoms with Crippen LogP contribution in [-0.4, -0.2) is 31.2 Å². The van der Waals surface area contributed by atoms with E-state index < -0.39 is 0 Å². The molecule has 2 heterocycles. The summed E-state index contributed by atoms with van der Waals surface area (Å²) in [5.74, 6) is 1.09. The highest BCUT2D eigenvalue weighted by molar-refractivity contribution is 9.10. The van der Waals surface area contributed by atoms with Gasteiger partial charge in [-0.2, -0.15) is 0 Å². The maximum atomic E-state index is 5.74. The van der Waals surface area contributed by atoms with Crippen molar-refractivity contribution in [3.05, 3.63) is 46.6 Å². The Morgan fingerprint density at radius 3 is 2.29 bits per heavy atom. The first-order valence-corrected chi connectivity index (χ1v) is 7.90. The first kappa shape index (κ1) is 14.2. The van der Waals surface area contributed by atoms with Crippen LogP contribution >= 0.6 is 15.9 Å². The number of nitrogens with two attached hydrogens (primary N) is 1. The zero-order chi connectivity index (χ0) is 14.8. The summed E-state index contributed by atoms with van der Waals surface area (Å²) in [5.41, 5.74) is 9.01. The van der Waals surface area contributed by atoms with Gasteiger partial charge in [-0.3, -0.25) is 0 Å². The van der Waals surface area contributed by atoms with Crippen molar-refractivity contribution in [3.63, 3.8) is 0 Å². The zero-order valence-corrected chi connectivity index (χ0v) is 13.7. The van der Waals surface area contributed by atoms with Gasteiger partial charge >= 0.3 is 0 Å². The fraction of sp³-hybridized carbons (Fsp3) is 0.312. The lowest BCUT2D eigenvalue weighted by molar-refractivity contribution is 0.646. The number of hydrogen-bond acceptors (Lipinski definition) is 4. The number of benzene rings is 1. The van der Waals surface area contributed by atoms with Crippen LogP contribution in [0.15, 0.2) is 41.0 Å². The van der Waals surface area contributed by atoms with E-state index in [9.17, 15) is 0 Å². The lowest BCUT2D eigenvalue weighted by Gasteiger charge is -2.37. The van der Waals surface area contributed by atoms with Crippen molar-refractivity contribution in [1.82, 2.24) is 4.98 Å². The van der Waals surface area contributed by atoms with Gasteiger partial charge in [0.1, 0.15) is 5.82 Å². The standard InChI is InChI=1S/C16H19BrN4/c1-12-10-13(17)11-19-16(12)21-8-6-20(7-9-21)15-4-2-14(18)3-5-15/h2-5,10-11H,6-9,18H2,1H3. The topological polar surface area (TPSA) is 45.4 Å². The van der Waals surface area contributed by atoms with Crippen molar-refractivity contribution in [2.75, 3.05) is 41.7 Å². The highest BCUT2D eigenvalue weighted by Gasteiger charge is 2.19. The van der Waals surface area contributed by atoms with Crippen molar-refractivity contribution >= 4 is 33.1 Å². The molecule has 4 nitrogen and oxygen atoms in total. The summed E-state index contributed by atoms with van der Waals surface area (Å²) in [6, 6.07) is 10.2. The number of nitrogen functional groups attached to an aromatic ring is 1. The monoisotopic (exact) mass is 346 g/mol. The molecule has 1 aromatic heterocycles. The lowest BCUT2D eigenvalue weighted by Crippen LogP contribution is -2.47. The van der Waals surface area contributed by atoms with Crippen LogP contribution in [0, 0.1) is 6.92 Å². The third-order valence-electron chi connectivity index (χ3n) is 3.85. The number of nitrogens with zero attached hydrogens (tertiary/aromatic N) is 3. The second kappa shape index (κ2) is 5.93. The molecule has 2 aromatic rings. The molecule has 0 aliphatic carbocycles. The molecule has 3 rings (SSSR count). The molecule has 2 N–H and O–H groups in total. The number of aryl methyl sites for hydroxylation is 1. The Morgan fingerprint density at radius 1 is 1.05 bits per heavy atom. The Bertz CT molecular complexity index is 619. The molecule has 1 aromatic carbocycles. The van der Waals surface area contributed by atoms with Gasteiger partial charge in [-0.15, -0.1) is 0 Å². The van der Waals surface area contributed by atoms with Crippen molar-refractivity contribution in [2.24, 2.45) is 0 Å². The number of aromatic nitrogens is 1. The number of halogens is 1. The highest BCUT2D eigenvalue weighted by Crippen LogP contribution is 2.24.